The van der Waals surface area contributed by atoms with Crippen molar-refractivity contribution in [3.8, 4) is 0 Å². The number of rotatable bonds is 4. The van der Waals surface area contributed by atoms with E-state index in [0.717, 1.165) is 5.92 Å². The highest BCUT2D eigenvalue weighted by molar-refractivity contribution is 5.00. The monoisotopic (exact) mass is 179 g/mol. The third kappa shape index (κ3) is 4.89. The summed E-state index contributed by atoms with van der Waals surface area (Å²) in [6.07, 6.45) is 14.0. The molecule has 1 nitrogen and oxygen atoms in total. The predicted molar refractivity (Wildman–Crippen MR) is 58.8 cm³/mol. The fourth-order valence-electron chi connectivity index (χ4n) is 1.79. The van der Waals surface area contributed by atoms with Gasteiger partial charge in [-0.1, -0.05) is 24.3 Å². The van der Waals surface area contributed by atoms with Gasteiger partial charge in [0.25, 0.3) is 0 Å². The minimum absolute atomic E-state index is 0.969. The highest BCUT2D eigenvalue weighted by atomic mass is 14.9. The second-order valence-electron chi connectivity index (χ2n) is 3.72. The Morgan fingerprint density at radius 1 is 1.23 bits per heavy atom. The van der Waals surface area contributed by atoms with Crippen LogP contribution in [0.25, 0.3) is 0 Å². The van der Waals surface area contributed by atoms with Gasteiger partial charge in [0.05, 0.1) is 0 Å². The Morgan fingerprint density at radius 2 is 2.00 bits per heavy atom. The quantitative estimate of drug-likeness (QED) is 0.654. The number of hydrogen-bond acceptors (Lipinski definition) is 1. The molecule has 0 aromatic heterocycles. The van der Waals surface area contributed by atoms with Crippen molar-refractivity contribution in [2.45, 2.75) is 32.6 Å². The van der Waals surface area contributed by atoms with Crippen molar-refractivity contribution in [1.82, 2.24) is 5.32 Å². The van der Waals surface area contributed by atoms with Gasteiger partial charge in [0.2, 0.25) is 0 Å². The van der Waals surface area contributed by atoms with E-state index in [2.05, 4.69) is 36.5 Å². The van der Waals surface area contributed by atoms with Gasteiger partial charge in [-0.2, -0.15) is 0 Å². The average molecular weight is 179 g/mol. The van der Waals surface area contributed by atoms with Crippen LogP contribution in [0.1, 0.15) is 32.6 Å². The van der Waals surface area contributed by atoms with Crippen molar-refractivity contribution >= 4 is 0 Å². The number of nitrogens with one attached hydrogen (secondary N) is 1. The molecule has 1 aliphatic heterocycles. The van der Waals surface area contributed by atoms with Crippen LogP contribution in [-0.2, 0) is 0 Å². The number of piperidine rings is 1. The van der Waals surface area contributed by atoms with Gasteiger partial charge in [-0.05, 0) is 51.6 Å². The van der Waals surface area contributed by atoms with E-state index in [9.17, 15) is 0 Å². The molecule has 1 N–H and O–H groups in total. The molecule has 0 bridgehead atoms. The van der Waals surface area contributed by atoms with Crippen LogP contribution >= 0.6 is 0 Å². The SMILES string of the molecule is C/C=C\C=C\CCC1CCNCC1. The Morgan fingerprint density at radius 3 is 2.69 bits per heavy atom. The van der Waals surface area contributed by atoms with E-state index in [1.165, 1.54) is 38.8 Å². The predicted octanol–water partition coefficient (Wildman–Crippen LogP) is 2.90. The first-order valence-corrected chi connectivity index (χ1v) is 5.42. The zero-order valence-electron chi connectivity index (χ0n) is 8.63. The summed E-state index contributed by atoms with van der Waals surface area (Å²) in [6, 6.07) is 0. The van der Waals surface area contributed by atoms with Crippen molar-refractivity contribution in [2.75, 3.05) is 13.1 Å². The molecular formula is C12H21N. The maximum absolute atomic E-state index is 3.40. The van der Waals surface area contributed by atoms with E-state index in [4.69, 9.17) is 0 Å². The van der Waals surface area contributed by atoms with Crippen LogP contribution in [0.5, 0.6) is 0 Å². The molecule has 0 saturated carbocycles. The van der Waals surface area contributed by atoms with E-state index in [1.54, 1.807) is 0 Å². The third-order valence-electron chi connectivity index (χ3n) is 2.64. The van der Waals surface area contributed by atoms with Gasteiger partial charge in [-0.15, -0.1) is 0 Å². The summed E-state index contributed by atoms with van der Waals surface area (Å²) in [6.45, 7) is 4.50. The van der Waals surface area contributed by atoms with E-state index in [0.29, 0.717) is 0 Å². The van der Waals surface area contributed by atoms with Crippen LogP contribution in [0.4, 0.5) is 0 Å². The molecule has 74 valence electrons. The minimum Gasteiger partial charge on any atom is -0.317 e. The lowest BCUT2D eigenvalue weighted by Crippen LogP contribution is -2.27. The minimum atomic E-state index is 0.969. The molecule has 1 fully saturated rings. The summed E-state index contributed by atoms with van der Waals surface area (Å²) in [5.41, 5.74) is 0. The van der Waals surface area contributed by atoms with Gasteiger partial charge in [0.15, 0.2) is 0 Å². The number of hydrogen-bond donors (Lipinski definition) is 1. The van der Waals surface area contributed by atoms with Crippen molar-refractivity contribution in [1.29, 1.82) is 0 Å². The van der Waals surface area contributed by atoms with Crippen molar-refractivity contribution in [3.05, 3.63) is 24.3 Å². The zero-order valence-corrected chi connectivity index (χ0v) is 8.63. The molecule has 1 saturated heterocycles. The first-order valence-electron chi connectivity index (χ1n) is 5.42. The maximum atomic E-state index is 3.40. The number of allylic oxidation sites excluding steroid dienone is 4. The fraction of sp³-hybridized carbons (Fsp3) is 0.667. The third-order valence-corrected chi connectivity index (χ3v) is 2.64. The standard InChI is InChI=1S/C12H21N/c1-2-3-4-5-6-7-12-8-10-13-11-9-12/h2-5,12-13H,6-11H2,1H3/b3-2-,5-4+. The lowest BCUT2D eigenvalue weighted by molar-refractivity contribution is 0.356. The molecule has 1 heterocycles. The fourth-order valence-corrected chi connectivity index (χ4v) is 1.79. The molecule has 0 aromatic carbocycles. The maximum Gasteiger partial charge on any atom is -0.00463 e. The molecule has 0 amide bonds. The Kier molecular flexibility index (Phi) is 5.59. The molecule has 0 spiro atoms. The molecule has 0 aromatic rings. The van der Waals surface area contributed by atoms with Gasteiger partial charge < -0.3 is 5.32 Å². The summed E-state index contributed by atoms with van der Waals surface area (Å²) in [7, 11) is 0. The van der Waals surface area contributed by atoms with Crippen molar-refractivity contribution in [3.63, 3.8) is 0 Å². The molecule has 1 aliphatic rings. The summed E-state index contributed by atoms with van der Waals surface area (Å²) in [5.74, 6) is 0.969. The van der Waals surface area contributed by atoms with Crippen LogP contribution in [0.3, 0.4) is 0 Å². The van der Waals surface area contributed by atoms with Crippen LogP contribution < -0.4 is 5.32 Å². The van der Waals surface area contributed by atoms with E-state index < -0.39 is 0 Å². The van der Waals surface area contributed by atoms with E-state index >= 15 is 0 Å². The van der Waals surface area contributed by atoms with Crippen molar-refractivity contribution < 1.29 is 0 Å². The van der Waals surface area contributed by atoms with E-state index in [1.807, 2.05) is 0 Å². The molecule has 13 heavy (non-hydrogen) atoms. The Bertz CT molecular complexity index is 164. The second kappa shape index (κ2) is 6.90. The van der Waals surface area contributed by atoms with Gasteiger partial charge in [0.1, 0.15) is 0 Å². The topological polar surface area (TPSA) is 12.0 Å². The highest BCUT2D eigenvalue weighted by Gasteiger charge is 2.10. The van der Waals surface area contributed by atoms with Gasteiger partial charge in [-0.25, -0.2) is 0 Å². The lowest BCUT2D eigenvalue weighted by Gasteiger charge is -2.21. The van der Waals surface area contributed by atoms with Gasteiger partial charge in [-0.3, -0.25) is 0 Å². The molecule has 0 atom stereocenters. The Hall–Kier alpha value is -0.560. The Labute approximate surface area is 81.9 Å². The first-order chi connectivity index (χ1) is 6.43. The largest absolute Gasteiger partial charge is 0.317 e. The zero-order chi connectivity index (χ0) is 9.36. The molecule has 0 unspecified atom stereocenters. The highest BCUT2D eigenvalue weighted by Crippen LogP contribution is 2.17. The van der Waals surface area contributed by atoms with Crippen LogP contribution in [0.2, 0.25) is 0 Å². The summed E-state index contributed by atoms with van der Waals surface area (Å²) in [5, 5.41) is 3.40. The summed E-state index contributed by atoms with van der Waals surface area (Å²) < 4.78 is 0. The Balaban J connectivity index is 2.04. The smallest absolute Gasteiger partial charge is 0.00463 e. The molecule has 1 heteroatoms. The summed E-state index contributed by atoms with van der Waals surface area (Å²) in [4.78, 5) is 0. The molecule has 0 radical (unpaired) electrons. The van der Waals surface area contributed by atoms with Crippen LogP contribution in [-0.4, -0.2) is 13.1 Å². The lowest BCUT2D eigenvalue weighted by atomic mass is 9.93. The molecule has 1 rings (SSSR count). The second-order valence-corrected chi connectivity index (χ2v) is 3.72. The van der Waals surface area contributed by atoms with Gasteiger partial charge in [0, 0.05) is 0 Å². The average Bonchev–Trinajstić information content (AvgIpc) is 2.19. The van der Waals surface area contributed by atoms with Crippen LogP contribution in [0.15, 0.2) is 24.3 Å². The normalized spacial score (nSPS) is 20.4. The molecule has 0 aliphatic carbocycles. The van der Waals surface area contributed by atoms with Crippen LogP contribution in [0, 0.1) is 5.92 Å². The van der Waals surface area contributed by atoms with Crippen molar-refractivity contribution in [2.24, 2.45) is 5.92 Å². The van der Waals surface area contributed by atoms with Gasteiger partial charge >= 0.3 is 0 Å². The first kappa shape index (κ1) is 10.5. The summed E-state index contributed by atoms with van der Waals surface area (Å²) >= 11 is 0. The molecular weight excluding hydrogens is 158 g/mol. The van der Waals surface area contributed by atoms with E-state index in [-0.39, 0.29) is 0 Å².